The van der Waals surface area contributed by atoms with Crippen LogP contribution in [0.1, 0.15) is 20.3 Å². The first-order chi connectivity index (χ1) is 6.94. The summed E-state index contributed by atoms with van der Waals surface area (Å²) in [5.74, 6) is -7.91. The molecule has 0 aromatic rings. The van der Waals surface area contributed by atoms with Gasteiger partial charge in [0.05, 0.1) is 5.60 Å². The van der Waals surface area contributed by atoms with Crippen LogP contribution in [0.15, 0.2) is 0 Å². The Kier molecular flexibility index (Phi) is 4.26. The normalized spacial score (nSPS) is 16.8. The zero-order valence-corrected chi connectivity index (χ0v) is 8.66. The van der Waals surface area contributed by atoms with Gasteiger partial charge in [0.2, 0.25) is 0 Å². The lowest BCUT2D eigenvalue weighted by Crippen LogP contribution is -2.53. The summed E-state index contributed by atoms with van der Waals surface area (Å²) < 4.78 is 59.9. The Morgan fingerprint density at radius 1 is 1.25 bits per heavy atom. The summed E-state index contributed by atoms with van der Waals surface area (Å²) in [6.45, 7) is 2.03. The van der Waals surface area contributed by atoms with Crippen molar-refractivity contribution in [3.05, 3.63) is 0 Å². The van der Waals surface area contributed by atoms with E-state index in [0.29, 0.717) is 0 Å². The summed E-state index contributed by atoms with van der Waals surface area (Å²) in [5.41, 5.74) is -1.52. The van der Waals surface area contributed by atoms with E-state index in [4.69, 9.17) is 0 Å². The van der Waals surface area contributed by atoms with Crippen molar-refractivity contribution in [2.45, 2.75) is 38.0 Å². The van der Waals surface area contributed by atoms with E-state index < -0.39 is 30.2 Å². The Labute approximate surface area is 88.6 Å². The summed E-state index contributed by atoms with van der Waals surface area (Å²) in [4.78, 5) is 10.6. The predicted molar refractivity (Wildman–Crippen MR) is 44.9 cm³/mol. The van der Waals surface area contributed by atoms with Crippen LogP contribution in [0.25, 0.3) is 0 Å². The van der Waals surface area contributed by atoms with Crippen LogP contribution in [0.2, 0.25) is 0 Å². The lowest BCUT2D eigenvalue weighted by molar-refractivity contribution is -0.270. The van der Waals surface area contributed by atoms with Crippen molar-refractivity contribution in [1.82, 2.24) is 5.32 Å². The monoisotopic (exact) mass is 249 g/mol. The average molecular weight is 249 g/mol. The Morgan fingerprint density at radius 2 is 1.69 bits per heavy atom. The number of carbonyl (C=O) groups is 1. The lowest BCUT2D eigenvalue weighted by Gasteiger charge is -2.24. The van der Waals surface area contributed by atoms with E-state index >= 15 is 0 Å². The van der Waals surface area contributed by atoms with Crippen molar-refractivity contribution < 1.29 is 31.9 Å². The molecule has 1 amide bonds. The molecule has 16 heavy (non-hydrogen) atoms. The third-order valence-electron chi connectivity index (χ3n) is 2.03. The Morgan fingerprint density at radius 3 is 2.00 bits per heavy atom. The van der Waals surface area contributed by atoms with Crippen molar-refractivity contribution in [3.8, 4) is 0 Å². The van der Waals surface area contributed by atoms with E-state index in [1.165, 1.54) is 19.2 Å². The van der Waals surface area contributed by atoms with Crippen molar-refractivity contribution in [2.75, 3.05) is 6.54 Å². The maximum Gasteiger partial charge on any atom is 0.463 e. The maximum absolute atomic E-state index is 12.4. The number of hydrogen-bond acceptors (Lipinski definition) is 2. The minimum atomic E-state index is -5.94. The molecule has 0 spiro atoms. The summed E-state index contributed by atoms with van der Waals surface area (Å²) in [6.07, 6.45) is -5.83. The molecule has 0 aliphatic rings. The Balaban J connectivity index is 4.50. The molecule has 0 heterocycles. The van der Waals surface area contributed by atoms with Gasteiger partial charge in [-0.25, -0.2) is 0 Å². The van der Waals surface area contributed by atoms with Gasteiger partial charge in [-0.2, -0.15) is 22.0 Å². The van der Waals surface area contributed by atoms with Gasteiger partial charge in [0.1, 0.15) is 0 Å². The molecule has 2 N–H and O–H groups in total. The van der Waals surface area contributed by atoms with Gasteiger partial charge in [-0.1, -0.05) is 6.92 Å². The summed E-state index contributed by atoms with van der Waals surface area (Å²) in [5, 5.41) is 10.7. The van der Waals surface area contributed by atoms with Crippen LogP contribution in [-0.4, -0.2) is 35.3 Å². The molecule has 0 aromatic carbocycles. The average Bonchev–Trinajstić information content (AvgIpc) is 2.12. The molecular weight excluding hydrogens is 237 g/mol. The predicted octanol–water partition coefficient (Wildman–Crippen LogP) is 1.46. The van der Waals surface area contributed by atoms with E-state index in [2.05, 4.69) is 0 Å². The molecule has 0 radical (unpaired) electrons. The van der Waals surface area contributed by atoms with Crippen molar-refractivity contribution in [3.63, 3.8) is 0 Å². The van der Waals surface area contributed by atoms with Crippen LogP contribution in [0.4, 0.5) is 22.0 Å². The fourth-order valence-corrected chi connectivity index (χ4v) is 0.635. The minimum Gasteiger partial charge on any atom is -0.388 e. The Bertz CT molecular complexity index is 262. The summed E-state index contributed by atoms with van der Waals surface area (Å²) >= 11 is 0. The first-order valence-electron chi connectivity index (χ1n) is 4.39. The van der Waals surface area contributed by atoms with Crippen molar-refractivity contribution in [1.29, 1.82) is 0 Å². The smallest absolute Gasteiger partial charge is 0.388 e. The number of halogens is 5. The highest BCUT2D eigenvalue weighted by atomic mass is 19.4. The van der Waals surface area contributed by atoms with E-state index in [1.54, 1.807) is 0 Å². The highest BCUT2D eigenvalue weighted by Gasteiger charge is 2.63. The molecular formula is C8H12F5NO2. The molecule has 8 heteroatoms. The molecule has 1 atom stereocenters. The number of hydrogen-bond donors (Lipinski definition) is 2. The second kappa shape index (κ2) is 4.52. The molecule has 1 unspecified atom stereocenters. The zero-order chi connectivity index (χ0) is 13.2. The summed E-state index contributed by atoms with van der Waals surface area (Å²) in [6, 6.07) is 0. The highest BCUT2D eigenvalue weighted by Crippen LogP contribution is 2.35. The van der Waals surface area contributed by atoms with E-state index in [-0.39, 0.29) is 6.42 Å². The molecule has 0 aliphatic carbocycles. The molecule has 0 saturated heterocycles. The van der Waals surface area contributed by atoms with Gasteiger partial charge in [-0.05, 0) is 13.3 Å². The number of alkyl halides is 5. The van der Waals surface area contributed by atoms with Gasteiger partial charge < -0.3 is 10.4 Å². The molecule has 0 fully saturated rings. The summed E-state index contributed by atoms with van der Waals surface area (Å²) in [7, 11) is 0. The molecule has 0 rings (SSSR count). The fourth-order valence-electron chi connectivity index (χ4n) is 0.635. The van der Waals surface area contributed by atoms with E-state index in [9.17, 15) is 31.9 Å². The zero-order valence-electron chi connectivity index (χ0n) is 8.66. The van der Waals surface area contributed by atoms with Crippen LogP contribution >= 0.6 is 0 Å². The topological polar surface area (TPSA) is 49.3 Å². The lowest BCUT2D eigenvalue weighted by atomic mass is 10.0. The van der Waals surface area contributed by atoms with E-state index in [1.807, 2.05) is 0 Å². The van der Waals surface area contributed by atoms with Crippen LogP contribution in [0.5, 0.6) is 0 Å². The second-order valence-electron chi connectivity index (χ2n) is 3.61. The van der Waals surface area contributed by atoms with Crippen LogP contribution in [0.3, 0.4) is 0 Å². The number of nitrogens with one attached hydrogen (secondary N) is 1. The standard InChI is InChI=1S/C8H12F5NO2/c1-3-6(2,16)4-14-5(15)7(9,10)8(11,12)13/h16H,3-4H2,1-2H3,(H,14,15). The molecule has 0 aromatic heterocycles. The van der Waals surface area contributed by atoms with Gasteiger partial charge in [-0.3, -0.25) is 4.79 Å². The first-order valence-corrected chi connectivity index (χ1v) is 4.39. The van der Waals surface area contributed by atoms with Crippen LogP contribution < -0.4 is 5.32 Å². The van der Waals surface area contributed by atoms with E-state index in [0.717, 1.165) is 0 Å². The number of amides is 1. The Hall–Kier alpha value is -0.920. The number of rotatable bonds is 4. The van der Waals surface area contributed by atoms with Gasteiger partial charge in [0.25, 0.3) is 5.91 Å². The van der Waals surface area contributed by atoms with Crippen molar-refractivity contribution >= 4 is 5.91 Å². The number of aliphatic hydroxyl groups is 1. The quantitative estimate of drug-likeness (QED) is 0.741. The third-order valence-corrected chi connectivity index (χ3v) is 2.03. The van der Waals surface area contributed by atoms with Gasteiger partial charge in [0.15, 0.2) is 0 Å². The molecule has 0 bridgehead atoms. The molecule has 96 valence electrons. The fraction of sp³-hybridized carbons (Fsp3) is 0.875. The minimum absolute atomic E-state index is 0.102. The molecule has 0 saturated carbocycles. The van der Waals surface area contributed by atoms with Crippen molar-refractivity contribution in [2.24, 2.45) is 0 Å². The molecule has 3 nitrogen and oxygen atoms in total. The van der Waals surface area contributed by atoms with Crippen LogP contribution in [-0.2, 0) is 4.79 Å². The van der Waals surface area contributed by atoms with Gasteiger partial charge in [0, 0.05) is 6.54 Å². The SMILES string of the molecule is CCC(C)(O)CNC(=O)C(F)(F)C(F)(F)F. The number of carbonyl (C=O) groups excluding carboxylic acids is 1. The maximum atomic E-state index is 12.4. The van der Waals surface area contributed by atoms with Gasteiger partial charge in [-0.15, -0.1) is 0 Å². The van der Waals surface area contributed by atoms with Crippen LogP contribution in [0, 0.1) is 0 Å². The molecule has 0 aliphatic heterocycles. The first kappa shape index (κ1) is 15.1. The highest BCUT2D eigenvalue weighted by molar-refractivity contribution is 5.84. The largest absolute Gasteiger partial charge is 0.463 e. The third kappa shape index (κ3) is 3.58. The van der Waals surface area contributed by atoms with Gasteiger partial charge >= 0.3 is 12.1 Å². The second-order valence-corrected chi connectivity index (χ2v) is 3.61.